The van der Waals surface area contributed by atoms with Crippen LogP contribution in [0, 0.1) is 13.8 Å². The van der Waals surface area contributed by atoms with Gasteiger partial charge < -0.3 is 9.15 Å². The smallest absolute Gasteiger partial charge is 0.339 e. The molecule has 3 rings (SSSR count). The molecule has 0 saturated carbocycles. The standard InChI is InChI=1S/C18H15ClO3/c1-11-12(2)18(20)22-17-9-14(7-8-15(11)17)21-10-13-5-3-4-6-16(13)19/h3-9H,10H2,1-2H3. The first-order chi connectivity index (χ1) is 10.6. The molecule has 0 atom stereocenters. The quantitative estimate of drug-likeness (QED) is 0.661. The number of halogens is 1. The first kappa shape index (κ1) is 14.7. The van der Waals surface area contributed by atoms with Crippen LogP contribution in [0.4, 0.5) is 0 Å². The molecule has 0 aliphatic carbocycles. The lowest BCUT2D eigenvalue weighted by molar-refractivity contribution is 0.306. The summed E-state index contributed by atoms with van der Waals surface area (Å²) in [5.74, 6) is 0.638. The van der Waals surface area contributed by atoms with E-state index in [9.17, 15) is 4.79 Å². The Morgan fingerprint density at radius 1 is 1.09 bits per heavy atom. The minimum atomic E-state index is -0.312. The third-order valence-electron chi connectivity index (χ3n) is 3.78. The fraction of sp³-hybridized carbons (Fsp3) is 0.167. The molecule has 112 valence electrons. The Kier molecular flexibility index (Phi) is 3.90. The molecular formula is C18H15ClO3. The lowest BCUT2D eigenvalue weighted by Crippen LogP contribution is -2.05. The molecule has 0 spiro atoms. The molecule has 0 aliphatic heterocycles. The van der Waals surface area contributed by atoms with Gasteiger partial charge in [0.05, 0.1) is 0 Å². The summed E-state index contributed by atoms with van der Waals surface area (Å²) in [4.78, 5) is 11.8. The van der Waals surface area contributed by atoms with Gasteiger partial charge in [-0.3, -0.25) is 0 Å². The minimum Gasteiger partial charge on any atom is -0.489 e. The maximum atomic E-state index is 11.8. The summed E-state index contributed by atoms with van der Waals surface area (Å²) < 4.78 is 11.1. The Labute approximate surface area is 133 Å². The third kappa shape index (κ3) is 2.72. The number of benzene rings is 2. The maximum Gasteiger partial charge on any atom is 0.339 e. The van der Waals surface area contributed by atoms with Crippen molar-refractivity contribution in [3.8, 4) is 5.75 Å². The van der Waals surface area contributed by atoms with Crippen molar-refractivity contribution < 1.29 is 9.15 Å². The number of aryl methyl sites for hydroxylation is 1. The Morgan fingerprint density at radius 2 is 1.86 bits per heavy atom. The van der Waals surface area contributed by atoms with E-state index >= 15 is 0 Å². The zero-order valence-corrected chi connectivity index (χ0v) is 13.1. The molecule has 4 heteroatoms. The number of ether oxygens (including phenoxy) is 1. The summed E-state index contributed by atoms with van der Waals surface area (Å²) in [6, 6.07) is 13.0. The highest BCUT2D eigenvalue weighted by molar-refractivity contribution is 6.31. The Balaban J connectivity index is 1.91. The second-order valence-electron chi connectivity index (χ2n) is 5.18. The molecule has 3 nitrogen and oxygen atoms in total. The van der Waals surface area contributed by atoms with Crippen molar-refractivity contribution in [2.24, 2.45) is 0 Å². The average Bonchev–Trinajstić information content (AvgIpc) is 2.52. The molecule has 22 heavy (non-hydrogen) atoms. The number of hydrogen-bond acceptors (Lipinski definition) is 3. The zero-order chi connectivity index (χ0) is 15.7. The number of rotatable bonds is 3. The predicted molar refractivity (Wildman–Crippen MR) is 87.7 cm³/mol. The van der Waals surface area contributed by atoms with Crippen molar-refractivity contribution in [2.45, 2.75) is 20.5 Å². The van der Waals surface area contributed by atoms with Crippen LogP contribution >= 0.6 is 11.6 Å². The predicted octanol–water partition coefficient (Wildman–Crippen LogP) is 4.64. The fourth-order valence-corrected chi connectivity index (χ4v) is 2.49. The van der Waals surface area contributed by atoms with E-state index < -0.39 is 0 Å². The molecule has 0 amide bonds. The first-order valence-electron chi connectivity index (χ1n) is 6.96. The minimum absolute atomic E-state index is 0.312. The average molecular weight is 315 g/mol. The molecule has 1 heterocycles. The van der Waals surface area contributed by atoms with Gasteiger partial charge in [0, 0.05) is 27.6 Å². The van der Waals surface area contributed by atoms with E-state index in [0.29, 0.717) is 28.5 Å². The van der Waals surface area contributed by atoms with Crippen LogP contribution in [0.25, 0.3) is 11.0 Å². The molecule has 0 saturated heterocycles. The Hall–Kier alpha value is -2.26. The van der Waals surface area contributed by atoms with Gasteiger partial charge in [-0.2, -0.15) is 0 Å². The van der Waals surface area contributed by atoms with Crippen LogP contribution in [0.15, 0.2) is 51.7 Å². The second kappa shape index (κ2) is 5.85. The number of hydrogen-bond donors (Lipinski definition) is 0. The van der Waals surface area contributed by atoms with E-state index in [2.05, 4.69) is 0 Å². The summed E-state index contributed by atoms with van der Waals surface area (Å²) in [6.07, 6.45) is 0. The van der Waals surface area contributed by atoms with Crippen LogP contribution in [0.2, 0.25) is 5.02 Å². The van der Waals surface area contributed by atoms with Crippen LogP contribution < -0.4 is 10.4 Å². The second-order valence-corrected chi connectivity index (χ2v) is 5.58. The maximum absolute atomic E-state index is 11.8. The SMILES string of the molecule is Cc1c(C)c2ccc(OCc3ccccc3Cl)cc2oc1=O. The van der Waals surface area contributed by atoms with Crippen LogP contribution in [0.3, 0.4) is 0 Å². The van der Waals surface area contributed by atoms with Gasteiger partial charge in [0.25, 0.3) is 0 Å². The van der Waals surface area contributed by atoms with Crippen LogP contribution in [-0.2, 0) is 6.61 Å². The van der Waals surface area contributed by atoms with Crippen molar-refractivity contribution in [3.63, 3.8) is 0 Å². The van der Waals surface area contributed by atoms with Crippen molar-refractivity contribution in [3.05, 3.63) is 74.6 Å². The topological polar surface area (TPSA) is 39.4 Å². The van der Waals surface area contributed by atoms with E-state index in [1.807, 2.05) is 43.3 Å². The summed E-state index contributed by atoms with van der Waals surface area (Å²) in [5, 5.41) is 1.59. The highest BCUT2D eigenvalue weighted by atomic mass is 35.5. The lowest BCUT2D eigenvalue weighted by Gasteiger charge is -2.09. The van der Waals surface area contributed by atoms with Gasteiger partial charge in [-0.25, -0.2) is 4.79 Å². The van der Waals surface area contributed by atoms with Gasteiger partial charge >= 0.3 is 5.63 Å². The zero-order valence-electron chi connectivity index (χ0n) is 12.4. The first-order valence-corrected chi connectivity index (χ1v) is 7.34. The van der Waals surface area contributed by atoms with Crippen molar-refractivity contribution in [2.75, 3.05) is 0 Å². The lowest BCUT2D eigenvalue weighted by atomic mass is 10.1. The molecule has 0 fully saturated rings. The van der Waals surface area contributed by atoms with Gasteiger partial charge in [0.15, 0.2) is 0 Å². The van der Waals surface area contributed by atoms with Crippen molar-refractivity contribution >= 4 is 22.6 Å². The van der Waals surface area contributed by atoms with E-state index in [0.717, 1.165) is 16.5 Å². The van der Waals surface area contributed by atoms with E-state index in [-0.39, 0.29) is 5.63 Å². The molecule has 2 aromatic carbocycles. The molecule has 3 aromatic rings. The summed E-state index contributed by atoms with van der Waals surface area (Å²) in [6.45, 7) is 4.04. The monoisotopic (exact) mass is 314 g/mol. The highest BCUT2D eigenvalue weighted by Gasteiger charge is 2.09. The van der Waals surface area contributed by atoms with Crippen LogP contribution in [0.5, 0.6) is 5.75 Å². The van der Waals surface area contributed by atoms with Crippen LogP contribution in [-0.4, -0.2) is 0 Å². The van der Waals surface area contributed by atoms with Gasteiger partial charge in [-0.15, -0.1) is 0 Å². The van der Waals surface area contributed by atoms with Crippen molar-refractivity contribution in [1.29, 1.82) is 0 Å². The van der Waals surface area contributed by atoms with Crippen LogP contribution in [0.1, 0.15) is 16.7 Å². The van der Waals surface area contributed by atoms with E-state index in [1.165, 1.54) is 0 Å². The molecule has 0 N–H and O–H groups in total. The molecular weight excluding hydrogens is 300 g/mol. The normalized spacial score (nSPS) is 10.9. The van der Waals surface area contributed by atoms with Gasteiger partial charge in [0.1, 0.15) is 17.9 Å². The summed E-state index contributed by atoms with van der Waals surface area (Å²) >= 11 is 6.10. The third-order valence-corrected chi connectivity index (χ3v) is 4.15. The van der Waals surface area contributed by atoms with E-state index in [4.69, 9.17) is 20.8 Å². The largest absolute Gasteiger partial charge is 0.489 e. The molecule has 0 bridgehead atoms. The van der Waals surface area contributed by atoms with E-state index in [1.54, 1.807) is 13.0 Å². The van der Waals surface area contributed by atoms with Crippen molar-refractivity contribution in [1.82, 2.24) is 0 Å². The molecule has 1 aromatic heterocycles. The number of fused-ring (bicyclic) bond motifs is 1. The Morgan fingerprint density at radius 3 is 2.64 bits per heavy atom. The van der Waals surface area contributed by atoms with Gasteiger partial charge in [-0.05, 0) is 37.6 Å². The summed E-state index contributed by atoms with van der Waals surface area (Å²) in [7, 11) is 0. The fourth-order valence-electron chi connectivity index (χ4n) is 2.29. The Bertz CT molecular complexity index is 896. The molecule has 0 radical (unpaired) electrons. The van der Waals surface area contributed by atoms with Gasteiger partial charge in [0.2, 0.25) is 0 Å². The molecule has 0 unspecified atom stereocenters. The highest BCUT2D eigenvalue weighted by Crippen LogP contribution is 2.25. The van der Waals surface area contributed by atoms with Gasteiger partial charge in [-0.1, -0.05) is 29.8 Å². The molecule has 0 aliphatic rings. The summed E-state index contributed by atoms with van der Waals surface area (Å²) in [5.41, 5.74) is 2.70.